The maximum Gasteiger partial charge on any atom is 0.325 e. The number of rotatable bonds is 8. The predicted octanol–water partition coefficient (Wildman–Crippen LogP) is 3.43. The van der Waals surface area contributed by atoms with Crippen molar-refractivity contribution in [1.29, 1.82) is 0 Å². The second-order valence-corrected chi connectivity index (χ2v) is 10.5. The van der Waals surface area contributed by atoms with E-state index in [1.807, 2.05) is 0 Å². The lowest BCUT2D eigenvalue weighted by Gasteiger charge is -2.22. The number of imide groups is 1. The molecule has 1 fully saturated rings. The molecule has 0 unspecified atom stereocenters. The summed E-state index contributed by atoms with van der Waals surface area (Å²) in [5.74, 6) is -1.24. The molecule has 2 N–H and O–H groups in total. The lowest BCUT2D eigenvalue weighted by molar-refractivity contribution is -0.133. The van der Waals surface area contributed by atoms with Crippen molar-refractivity contribution in [3.63, 3.8) is 0 Å². The van der Waals surface area contributed by atoms with E-state index >= 15 is 0 Å². The summed E-state index contributed by atoms with van der Waals surface area (Å²) >= 11 is 12.0. The quantitative estimate of drug-likeness (QED) is 0.511. The van der Waals surface area contributed by atoms with E-state index in [0.29, 0.717) is 29.4 Å². The molecule has 1 aliphatic rings. The first-order valence-electron chi connectivity index (χ1n) is 10.4. The fraction of sp³-hybridized carbons (Fsp3) is 0.318. The monoisotopic (exact) mass is 526 g/mol. The van der Waals surface area contributed by atoms with Crippen LogP contribution < -0.4 is 10.6 Å². The summed E-state index contributed by atoms with van der Waals surface area (Å²) in [6.45, 7) is 5.16. The highest BCUT2D eigenvalue weighted by molar-refractivity contribution is 7.89. The van der Waals surface area contributed by atoms with Gasteiger partial charge in [0.05, 0.1) is 14.9 Å². The van der Waals surface area contributed by atoms with Gasteiger partial charge in [0.2, 0.25) is 15.9 Å². The smallest absolute Gasteiger partial charge is 0.325 e. The van der Waals surface area contributed by atoms with E-state index in [1.54, 1.807) is 19.9 Å². The zero-order valence-electron chi connectivity index (χ0n) is 18.8. The highest BCUT2D eigenvalue weighted by Crippen LogP contribution is 2.33. The summed E-state index contributed by atoms with van der Waals surface area (Å²) in [5.41, 5.74) is -0.664. The van der Waals surface area contributed by atoms with E-state index < -0.39 is 40.0 Å². The van der Waals surface area contributed by atoms with Crippen LogP contribution in [0.25, 0.3) is 0 Å². The van der Waals surface area contributed by atoms with Gasteiger partial charge in [-0.1, -0.05) is 43.1 Å². The van der Waals surface area contributed by atoms with Crippen molar-refractivity contribution >= 4 is 56.8 Å². The van der Waals surface area contributed by atoms with Crippen LogP contribution in [0.4, 0.5) is 10.5 Å². The molecule has 34 heavy (non-hydrogen) atoms. The van der Waals surface area contributed by atoms with Crippen LogP contribution in [0.1, 0.15) is 26.3 Å². The van der Waals surface area contributed by atoms with Crippen LogP contribution in [0.2, 0.25) is 10.0 Å². The zero-order chi connectivity index (χ0) is 25.3. The van der Waals surface area contributed by atoms with Gasteiger partial charge in [-0.15, -0.1) is 0 Å². The summed E-state index contributed by atoms with van der Waals surface area (Å²) in [6.07, 6.45) is 0. The predicted molar refractivity (Wildman–Crippen MR) is 129 cm³/mol. The number of carbonyl (C=O) groups is 3. The largest absolute Gasteiger partial charge is 0.325 e. The third-order valence-electron chi connectivity index (χ3n) is 5.55. The number of hydrogen-bond donors (Lipinski definition) is 2. The van der Waals surface area contributed by atoms with Crippen molar-refractivity contribution in [2.75, 3.05) is 25.0 Å². The van der Waals surface area contributed by atoms with Gasteiger partial charge in [0.1, 0.15) is 12.1 Å². The molecule has 2 aromatic rings. The fourth-order valence-electron chi connectivity index (χ4n) is 3.61. The number of nitrogens with zero attached hydrogens (tertiary/aromatic N) is 2. The number of benzene rings is 2. The van der Waals surface area contributed by atoms with Gasteiger partial charge < -0.3 is 10.6 Å². The number of halogens is 2. The molecule has 2 aromatic carbocycles. The van der Waals surface area contributed by atoms with Gasteiger partial charge in [-0.25, -0.2) is 13.2 Å². The summed E-state index contributed by atoms with van der Waals surface area (Å²) in [5, 5.41) is 5.69. The van der Waals surface area contributed by atoms with Crippen molar-refractivity contribution < 1.29 is 22.8 Å². The van der Waals surface area contributed by atoms with Gasteiger partial charge in [0.15, 0.2) is 0 Å². The second-order valence-electron chi connectivity index (χ2n) is 7.74. The SMILES string of the molecule is CCN(CC)S(=O)(=O)c1ccc(NC(=O)CN2C(=O)N[C@](C)(c3ccc(Cl)c(Cl)c3)C2=O)cc1. The molecule has 0 aliphatic carbocycles. The van der Waals surface area contributed by atoms with E-state index in [1.165, 1.54) is 47.6 Å². The summed E-state index contributed by atoms with van der Waals surface area (Å²) in [4.78, 5) is 38.9. The van der Waals surface area contributed by atoms with Crippen LogP contribution in [-0.2, 0) is 25.2 Å². The van der Waals surface area contributed by atoms with Crippen molar-refractivity contribution in [2.45, 2.75) is 31.2 Å². The third kappa shape index (κ3) is 4.90. The Morgan fingerprint density at radius 2 is 1.68 bits per heavy atom. The molecule has 1 heterocycles. The Hall–Kier alpha value is -2.66. The molecule has 4 amide bonds. The van der Waals surface area contributed by atoms with Gasteiger partial charge in [0.25, 0.3) is 5.91 Å². The maximum absolute atomic E-state index is 13.0. The minimum atomic E-state index is -3.63. The summed E-state index contributed by atoms with van der Waals surface area (Å²) < 4.78 is 26.5. The Kier molecular flexibility index (Phi) is 7.56. The second kappa shape index (κ2) is 9.91. The van der Waals surface area contributed by atoms with Crippen LogP contribution in [0.5, 0.6) is 0 Å². The summed E-state index contributed by atoms with van der Waals surface area (Å²) in [7, 11) is -3.63. The first-order chi connectivity index (χ1) is 15.9. The molecule has 182 valence electrons. The van der Waals surface area contributed by atoms with Crippen LogP contribution in [0.15, 0.2) is 47.4 Å². The molecule has 0 spiro atoms. The zero-order valence-corrected chi connectivity index (χ0v) is 21.1. The van der Waals surface area contributed by atoms with E-state index in [0.717, 1.165) is 4.90 Å². The Bertz CT molecular complexity index is 1230. The lowest BCUT2D eigenvalue weighted by Crippen LogP contribution is -2.42. The first kappa shape index (κ1) is 26.0. The highest BCUT2D eigenvalue weighted by Gasteiger charge is 2.49. The standard InChI is InChI=1S/C22H24Cl2N4O5S/c1-4-27(5-2)34(32,33)16-9-7-15(8-10-16)25-19(29)13-28-20(30)22(3,26-21(28)31)14-6-11-17(23)18(24)12-14/h6-12H,4-5,13H2,1-3H3,(H,25,29)(H,26,31)/t22-/m1/s1. The number of carbonyl (C=O) groups excluding carboxylic acids is 3. The van der Waals surface area contributed by atoms with Gasteiger partial charge in [-0.2, -0.15) is 4.31 Å². The van der Waals surface area contributed by atoms with Gasteiger partial charge in [0, 0.05) is 18.8 Å². The normalized spacial score (nSPS) is 18.4. The van der Waals surface area contributed by atoms with Crippen molar-refractivity contribution in [1.82, 2.24) is 14.5 Å². The van der Waals surface area contributed by atoms with Crippen molar-refractivity contribution in [2.24, 2.45) is 0 Å². The van der Waals surface area contributed by atoms with E-state index in [4.69, 9.17) is 23.2 Å². The van der Waals surface area contributed by atoms with Crippen molar-refractivity contribution in [3.05, 3.63) is 58.1 Å². The van der Waals surface area contributed by atoms with E-state index in [2.05, 4.69) is 10.6 Å². The lowest BCUT2D eigenvalue weighted by atomic mass is 9.92. The average Bonchev–Trinajstić information content (AvgIpc) is 3.00. The topological polar surface area (TPSA) is 116 Å². The molecule has 1 atom stereocenters. The third-order valence-corrected chi connectivity index (χ3v) is 8.36. The molecule has 12 heteroatoms. The number of hydrogen-bond acceptors (Lipinski definition) is 5. The van der Waals surface area contributed by atoms with E-state index in [9.17, 15) is 22.8 Å². The minimum Gasteiger partial charge on any atom is -0.325 e. The number of anilines is 1. The molecule has 0 saturated carbocycles. The van der Waals surface area contributed by atoms with Gasteiger partial charge in [-0.3, -0.25) is 14.5 Å². The van der Waals surface area contributed by atoms with Crippen LogP contribution >= 0.6 is 23.2 Å². The molecule has 0 bridgehead atoms. The van der Waals surface area contributed by atoms with E-state index in [-0.39, 0.29) is 9.92 Å². The van der Waals surface area contributed by atoms with Crippen LogP contribution in [0.3, 0.4) is 0 Å². The molecule has 1 saturated heterocycles. The number of amides is 4. The van der Waals surface area contributed by atoms with Crippen molar-refractivity contribution in [3.8, 4) is 0 Å². The Morgan fingerprint density at radius 1 is 1.06 bits per heavy atom. The van der Waals surface area contributed by atoms with Crippen LogP contribution in [0, 0.1) is 0 Å². The average molecular weight is 527 g/mol. The molecule has 0 aromatic heterocycles. The first-order valence-corrected chi connectivity index (χ1v) is 12.6. The molecular formula is C22H24Cl2N4O5S. The van der Waals surface area contributed by atoms with Crippen LogP contribution in [-0.4, -0.2) is 55.1 Å². The fourth-order valence-corrected chi connectivity index (χ4v) is 5.37. The molecular weight excluding hydrogens is 503 g/mol. The molecule has 0 radical (unpaired) electrons. The molecule has 3 rings (SSSR count). The molecule has 9 nitrogen and oxygen atoms in total. The summed E-state index contributed by atoms with van der Waals surface area (Å²) in [6, 6.07) is 9.51. The van der Waals surface area contributed by atoms with Gasteiger partial charge >= 0.3 is 6.03 Å². The minimum absolute atomic E-state index is 0.0979. The highest BCUT2D eigenvalue weighted by atomic mass is 35.5. The number of sulfonamides is 1. The Labute approximate surface area is 208 Å². The molecule has 1 aliphatic heterocycles. The van der Waals surface area contributed by atoms with Gasteiger partial charge in [-0.05, 0) is 48.9 Å². The number of urea groups is 1. The number of nitrogens with one attached hydrogen (secondary N) is 2. The Morgan fingerprint density at radius 3 is 2.24 bits per heavy atom. The Balaban J connectivity index is 1.71. The maximum atomic E-state index is 13.0.